The summed E-state index contributed by atoms with van der Waals surface area (Å²) in [6.45, 7) is 0. The third kappa shape index (κ3) is 3.15. The summed E-state index contributed by atoms with van der Waals surface area (Å²) in [4.78, 5) is 12.1. The first-order valence-corrected chi connectivity index (χ1v) is 6.47. The standard InChI is InChI=1S/C14H12Cl2N2O2/c1-20-13-7-9(3-5-12(13)16)18-14(19)10-6-8(17)2-4-11(10)15/h2-7H,17H2,1H3,(H,18,19). The Bertz CT molecular complexity index is 660. The smallest absolute Gasteiger partial charge is 0.257 e. The van der Waals surface area contributed by atoms with Crippen molar-refractivity contribution in [1.82, 2.24) is 0 Å². The number of hydrogen-bond donors (Lipinski definition) is 2. The fourth-order valence-electron chi connectivity index (χ4n) is 1.65. The minimum absolute atomic E-state index is 0.306. The average Bonchev–Trinajstić information content (AvgIpc) is 2.43. The van der Waals surface area contributed by atoms with Crippen molar-refractivity contribution < 1.29 is 9.53 Å². The second kappa shape index (κ2) is 6.03. The van der Waals surface area contributed by atoms with Crippen molar-refractivity contribution in [2.45, 2.75) is 0 Å². The first kappa shape index (κ1) is 14.5. The summed E-state index contributed by atoms with van der Waals surface area (Å²) in [5.74, 6) is 0.120. The van der Waals surface area contributed by atoms with Crippen molar-refractivity contribution >= 4 is 40.5 Å². The van der Waals surface area contributed by atoms with Crippen LogP contribution in [0.3, 0.4) is 0 Å². The maximum Gasteiger partial charge on any atom is 0.257 e. The molecular weight excluding hydrogens is 299 g/mol. The number of ether oxygens (including phenoxy) is 1. The van der Waals surface area contributed by atoms with Gasteiger partial charge in [0.15, 0.2) is 0 Å². The monoisotopic (exact) mass is 310 g/mol. The van der Waals surface area contributed by atoms with Gasteiger partial charge >= 0.3 is 0 Å². The van der Waals surface area contributed by atoms with E-state index in [1.54, 1.807) is 30.3 Å². The van der Waals surface area contributed by atoms with E-state index in [0.717, 1.165) is 0 Å². The molecule has 0 spiro atoms. The zero-order chi connectivity index (χ0) is 14.7. The zero-order valence-corrected chi connectivity index (χ0v) is 12.1. The molecule has 104 valence electrons. The SMILES string of the molecule is COc1cc(NC(=O)c2cc(N)ccc2Cl)ccc1Cl. The van der Waals surface area contributed by atoms with Gasteiger partial charge in [-0.2, -0.15) is 0 Å². The summed E-state index contributed by atoms with van der Waals surface area (Å²) in [7, 11) is 1.50. The highest BCUT2D eigenvalue weighted by molar-refractivity contribution is 6.34. The number of nitrogens with two attached hydrogens (primary N) is 1. The number of methoxy groups -OCH3 is 1. The molecule has 0 bridgehead atoms. The summed E-state index contributed by atoms with van der Waals surface area (Å²) in [5.41, 5.74) is 6.97. The summed E-state index contributed by atoms with van der Waals surface area (Å²) in [5, 5.41) is 3.51. The van der Waals surface area contributed by atoms with Gasteiger partial charge in [-0.3, -0.25) is 4.79 Å². The lowest BCUT2D eigenvalue weighted by Gasteiger charge is -2.09. The van der Waals surface area contributed by atoms with Crippen molar-refractivity contribution in [3.63, 3.8) is 0 Å². The molecule has 0 saturated carbocycles. The maximum atomic E-state index is 12.1. The topological polar surface area (TPSA) is 64.3 Å². The van der Waals surface area contributed by atoms with Crippen molar-refractivity contribution in [3.05, 3.63) is 52.0 Å². The Morgan fingerprint density at radius 2 is 1.85 bits per heavy atom. The fraction of sp³-hybridized carbons (Fsp3) is 0.0714. The first-order valence-electron chi connectivity index (χ1n) is 5.71. The number of nitrogen functional groups attached to an aromatic ring is 1. The minimum Gasteiger partial charge on any atom is -0.495 e. The van der Waals surface area contributed by atoms with Gasteiger partial charge in [-0.25, -0.2) is 0 Å². The van der Waals surface area contributed by atoms with E-state index in [2.05, 4.69) is 5.32 Å². The largest absolute Gasteiger partial charge is 0.495 e. The maximum absolute atomic E-state index is 12.1. The molecule has 0 fully saturated rings. The third-order valence-electron chi connectivity index (χ3n) is 2.64. The number of carbonyl (C=O) groups excluding carboxylic acids is 1. The van der Waals surface area contributed by atoms with Crippen LogP contribution >= 0.6 is 23.2 Å². The molecule has 1 amide bonds. The second-order valence-corrected chi connectivity index (χ2v) is 4.86. The normalized spacial score (nSPS) is 10.2. The highest BCUT2D eigenvalue weighted by atomic mass is 35.5. The van der Waals surface area contributed by atoms with E-state index in [1.165, 1.54) is 13.2 Å². The van der Waals surface area contributed by atoms with Gasteiger partial charge in [0.2, 0.25) is 0 Å². The third-order valence-corrected chi connectivity index (χ3v) is 3.29. The number of anilines is 2. The molecule has 0 aliphatic rings. The summed E-state index contributed by atoms with van der Waals surface area (Å²) >= 11 is 11.9. The lowest BCUT2D eigenvalue weighted by Crippen LogP contribution is -2.13. The fourth-order valence-corrected chi connectivity index (χ4v) is 2.05. The lowest BCUT2D eigenvalue weighted by atomic mass is 10.2. The van der Waals surface area contributed by atoms with E-state index in [4.69, 9.17) is 33.7 Å². The molecule has 0 saturated heterocycles. The van der Waals surface area contributed by atoms with E-state index in [-0.39, 0.29) is 5.91 Å². The number of carbonyl (C=O) groups is 1. The van der Waals surface area contributed by atoms with Crippen LogP contribution in [0.15, 0.2) is 36.4 Å². The predicted octanol–water partition coefficient (Wildman–Crippen LogP) is 3.84. The van der Waals surface area contributed by atoms with Crippen LogP contribution in [-0.2, 0) is 0 Å². The molecule has 4 nitrogen and oxygen atoms in total. The molecule has 0 aliphatic carbocycles. The van der Waals surface area contributed by atoms with E-state index < -0.39 is 0 Å². The molecule has 2 aromatic rings. The molecule has 0 aliphatic heterocycles. The second-order valence-electron chi connectivity index (χ2n) is 4.04. The number of rotatable bonds is 3. The molecule has 0 unspecified atom stereocenters. The van der Waals surface area contributed by atoms with Crippen LogP contribution in [0, 0.1) is 0 Å². The van der Waals surface area contributed by atoms with Crippen LogP contribution in [-0.4, -0.2) is 13.0 Å². The van der Waals surface area contributed by atoms with Gasteiger partial charge < -0.3 is 15.8 Å². The van der Waals surface area contributed by atoms with E-state index in [0.29, 0.717) is 32.7 Å². The summed E-state index contributed by atoms with van der Waals surface area (Å²) in [6.07, 6.45) is 0. The van der Waals surface area contributed by atoms with E-state index in [1.807, 2.05) is 0 Å². The Morgan fingerprint density at radius 3 is 2.55 bits per heavy atom. The van der Waals surface area contributed by atoms with Gasteiger partial charge in [0.1, 0.15) is 5.75 Å². The highest BCUT2D eigenvalue weighted by Gasteiger charge is 2.12. The zero-order valence-electron chi connectivity index (χ0n) is 10.6. The van der Waals surface area contributed by atoms with Crippen LogP contribution in [0.25, 0.3) is 0 Å². The molecule has 0 aromatic heterocycles. The van der Waals surface area contributed by atoms with Crippen molar-refractivity contribution in [3.8, 4) is 5.75 Å². The summed E-state index contributed by atoms with van der Waals surface area (Å²) in [6, 6.07) is 9.66. The van der Waals surface area contributed by atoms with Gasteiger partial charge in [-0.1, -0.05) is 23.2 Å². The Labute approximate surface area is 126 Å². The molecule has 2 rings (SSSR count). The molecule has 20 heavy (non-hydrogen) atoms. The number of halogens is 2. The van der Waals surface area contributed by atoms with Crippen LogP contribution < -0.4 is 15.8 Å². The average molecular weight is 311 g/mol. The number of benzene rings is 2. The van der Waals surface area contributed by atoms with Gasteiger partial charge in [-0.05, 0) is 30.3 Å². The molecular formula is C14H12Cl2N2O2. The first-order chi connectivity index (χ1) is 9.51. The molecule has 3 N–H and O–H groups in total. The Balaban J connectivity index is 2.25. The van der Waals surface area contributed by atoms with Crippen molar-refractivity contribution in [1.29, 1.82) is 0 Å². The molecule has 0 atom stereocenters. The van der Waals surface area contributed by atoms with Crippen LogP contribution in [0.1, 0.15) is 10.4 Å². The molecule has 2 aromatic carbocycles. The minimum atomic E-state index is -0.355. The van der Waals surface area contributed by atoms with Gasteiger partial charge in [0, 0.05) is 17.4 Å². The van der Waals surface area contributed by atoms with Crippen molar-refractivity contribution in [2.24, 2.45) is 0 Å². The van der Waals surface area contributed by atoms with Gasteiger partial charge in [-0.15, -0.1) is 0 Å². The Hall–Kier alpha value is -1.91. The number of amides is 1. The van der Waals surface area contributed by atoms with E-state index in [9.17, 15) is 4.79 Å². The van der Waals surface area contributed by atoms with Gasteiger partial charge in [0.25, 0.3) is 5.91 Å². The predicted molar refractivity (Wildman–Crippen MR) is 81.8 cm³/mol. The van der Waals surface area contributed by atoms with Gasteiger partial charge in [0.05, 0.1) is 22.7 Å². The number of hydrogen-bond acceptors (Lipinski definition) is 3. The molecule has 0 heterocycles. The quantitative estimate of drug-likeness (QED) is 0.847. The van der Waals surface area contributed by atoms with Crippen LogP contribution in [0.4, 0.5) is 11.4 Å². The summed E-state index contributed by atoms with van der Waals surface area (Å²) < 4.78 is 5.09. The van der Waals surface area contributed by atoms with Crippen molar-refractivity contribution in [2.75, 3.05) is 18.2 Å². The molecule has 0 radical (unpaired) electrons. The van der Waals surface area contributed by atoms with Crippen LogP contribution in [0.5, 0.6) is 5.75 Å². The Morgan fingerprint density at radius 1 is 1.15 bits per heavy atom. The lowest BCUT2D eigenvalue weighted by molar-refractivity contribution is 0.102. The van der Waals surface area contributed by atoms with E-state index >= 15 is 0 Å². The van der Waals surface area contributed by atoms with Crippen LogP contribution in [0.2, 0.25) is 10.0 Å². The number of nitrogens with one attached hydrogen (secondary N) is 1. The highest BCUT2D eigenvalue weighted by Crippen LogP contribution is 2.28. The Kier molecular flexibility index (Phi) is 4.37. The molecule has 6 heteroatoms.